The van der Waals surface area contributed by atoms with Crippen molar-refractivity contribution in [3.8, 4) is 5.75 Å². The molecular formula is C16H15NO2. The molecule has 0 fully saturated rings. The van der Waals surface area contributed by atoms with Crippen LogP contribution in [0.4, 0.5) is 0 Å². The summed E-state index contributed by atoms with van der Waals surface area (Å²) in [7, 11) is 1.60. The zero-order valence-corrected chi connectivity index (χ0v) is 10.7. The summed E-state index contributed by atoms with van der Waals surface area (Å²) in [5.41, 5.74) is 7.64. The number of hydrogen-bond acceptors (Lipinski definition) is 2. The Kier molecular flexibility index (Phi) is 3.98. The van der Waals surface area contributed by atoms with Crippen LogP contribution < -0.4 is 10.5 Å². The average Bonchev–Trinajstić information content (AvgIpc) is 2.46. The highest BCUT2D eigenvalue weighted by atomic mass is 16.5. The molecule has 1 amide bonds. The third kappa shape index (κ3) is 3.22. The maximum absolute atomic E-state index is 11.6. The van der Waals surface area contributed by atoms with Crippen LogP contribution in [0.3, 0.4) is 0 Å². The van der Waals surface area contributed by atoms with Crippen LogP contribution in [0.2, 0.25) is 0 Å². The molecule has 2 rings (SSSR count). The molecule has 0 spiro atoms. The zero-order chi connectivity index (χ0) is 13.7. The van der Waals surface area contributed by atoms with Crippen LogP contribution in [0.1, 0.15) is 11.1 Å². The van der Waals surface area contributed by atoms with Crippen molar-refractivity contribution in [2.45, 2.75) is 0 Å². The van der Waals surface area contributed by atoms with Gasteiger partial charge in [0.1, 0.15) is 5.75 Å². The van der Waals surface area contributed by atoms with Gasteiger partial charge >= 0.3 is 0 Å². The van der Waals surface area contributed by atoms with Gasteiger partial charge in [-0.15, -0.1) is 0 Å². The van der Waals surface area contributed by atoms with Crippen molar-refractivity contribution in [1.82, 2.24) is 0 Å². The lowest BCUT2D eigenvalue weighted by molar-refractivity contribution is -0.112. The fourth-order valence-electron chi connectivity index (χ4n) is 1.78. The van der Waals surface area contributed by atoms with Crippen molar-refractivity contribution in [1.29, 1.82) is 0 Å². The first-order chi connectivity index (χ1) is 9.20. The summed E-state index contributed by atoms with van der Waals surface area (Å²) in [6, 6.07) is 16.8. The molecule has 0 saturated carbocycles. The normalized spacial score (nSPS) is 11.1. The highest BCUT2D eigenvalue weighted by molar-refractivity contribution is 6.23. The summed E-state index contributed by atoms with van der Waals surface area (Å²) >= 11 is 0. The summed E-state index contributed by atoms with van der Waals surface area (Å²) in [5, 5.41) is 0. The molecular weight excluding hydrogens is 238 g/mol. The van der Waals surface area contributed by atoms with E-state index in [1.54, 1.807) is 25.3 Å². The largest absolute Gasteiger partial charge is 0.497 e. The molecule has 0 heterocycles. The van der Waals surface area contributed by atoms with E-state index in [4.69, 9.17) is 10.5 Å². The van der Waals surface area contributed by atoms with Crippen molar-refractivity contribution >= 4 is 17.6 Å². The second-order valence-corrected chi connectivity index (χ2v) is 4.06. The Morgan fingerprint density at radius 3 is 2.21 bits per heavy atom. The fourth-order valence-corrected chi connectivity index (χ4v) is 1.78. The summed E-state index contributed by atoms with van der Waals surface area (Å²) in [4.78, 5) is 11.6. The van der Waals surface area contributed by atoms with Crippen LogP contribution in [0.15, 0.2) is 54.6 Å². The van der Waals surface area contributed by atoms with Gasteiger partial charge < -0.3 is 10.5 Å². The number of methoxy groups -OCH3 is 1. The van der Waals surface area contributed by atoms with E-state index in [2.05, 4.69) is 0 Å². The van der Waals surface area contributed by atoms with Gasteiger partial charge in [0.2, 0.25) is 5.91 Å². The Hall–Kier alpha value is -2.55. The van der Waals surface area contributed by atoms with Crippen LogP contribution in [0, 0.1) is 0 Å². The third-order valence-corrected chi connectivity index (χ3v) is 2.78. The summed E-state index contributed by atoms with van der Waals surface area (Å²) < 4.78 is 5.09. The molecule has 2 N–H and O–H groups in total. The second kappa shape index (κ2) is 5.87. The van der Waals surface area contributed by atoms with E-state index in [0.717, 1.165) is 16.9 Å². The monoisotopic (exact) mass is 253 g/mol. The van der Waals surface area contributed by atoms with Gasteiger partial charge in [0.25, 0.3) is 0 Å². The Labute approximate surface area is 112 Å². The molecule has 0 aromatic heterocycles. The number of carbonyl (C=O) groups is 1. The first-order valence-corrected chi connectivity index (χ1v) is 5.91. The smallest absolute Gasteiger partial charge is 0.249 e. The summed E-state index contributed by atoms with van der Waals surface area (Å²) in [6.07, 6.45) is 1.78. The number of hydrogen-bond donors (Lipinski definition) is 1. The van der Waals surface area contributed by atoms with E-state index in [1.807, 2.05) is 42.5 Å². The number of rotatable bonds is 4. The van der Waals surface area contributed by atoms with Crippen LogP contribution in [-0.4, -0.2) is 13.0 Å². The molecule has 2 aromatic carbocycles. The van der Waals surface area contributed by atoms with Gasteiger partial charge in [0.15, 0.2) is 0 Å². The molecule has 0 bridgehead atoms. The minimum atomic E-state index is -0.450. The fraction of sp³-hybridized carbons (Fsp3) is 0.0625. The standard InChI is InChI=1S/C16H15NO2/c1-19-14-9-7-13(8-10-14)15(16(17)18)11-12-5-3-2-4-6-12/h2-11H,1H3,(H2,17,18). The molecule has 0 aliphatic carbocycles. The van der Waals surface area contributed by atoms with E-state index in [0.29, 0.717) is 5.57 Å². The lowest BCUT2D eigenvalue weighted by atomic mass is 10.0. The number of nitrogens with two attached hydrogens (primary N) is 1. The Bertz CT molecular complexity index is 586. The van der Waals surface area contributed by atoms with Gasteiger partial charge in [-0.1, -0.05) is 42.5 Å². The number of primary amides is 1. The van der Waals surface area contributed by atoms with E-state index >= 15 is 0 Å². The lowest BCUT2D eigenvalue weighted by Crippen LogP contribution is -2.12. The SMILES string of the molecule is COc1ccc(C(=Cc2ccccc2)C(N)=O)cc1. The number of amides is 1. The van der Waals surface area contributed by atoms with Crippen molar-refractivity contribution in [2.24, 2.45) is 5.73 Å². The maximum Gasteiger partial charge on any atom is 0.249 e. The first kappa shape index (κ1) is 12.9. The molecule has 0 aliphatic rings. The Balaban J connectivity index is 2.40. The lowest BCUT2D eigenvalue weighted by Gasteiger charge is -2.05. The highest BCUT2D eigenvalue weighted by Gasteiger charge is 2.08. The average molecular weight is 253 g/mol. The van der Waals surface area contributed by atoms with Crippen molar-refractivity contribution in [3.63, 3.8) is 0 Å². The minimum absolute atomic E-state index is 0.450. The molecule has 2 aromatic rings. The summed E-state index contributed by atoms with van der Waals surface area (Å²) in [5.74, 6) is 0.293. The van der Waals surface area contributed by atoms with E-state index in [-0.39, 0.29) is 0 Å². The molecule has 3 heteroatoms. The van der Waals surface area contributed by atoms with Gasteiger partial charge in [-0.3, -0.25) is 4.79 Å². The van der Waals surface area contributed by atoms with Crippen molar-refractivity contribution in [3.05, 3.63) is 65.7 Å². The number of benzene rings is 2. The quantitative estimate of drug-likeness (QED) is 0.672. The van der Waals surface area contributed by atoms with E-state index in [1.165, 1.54) is 0 Å². The van der Waals surface area contributed by atoms with Gasteiger partial charge in [0, 0.05) is 5.57 Å². The molecule has 0 radical (unpaired) electrons. The second-order valence-electron chi connectivity index (χ2n) is 4.06. The molecule has 0 unspecified atom stereocenters. The minimum Gasteiger partial charge on any atom is -0.497 e. The van der Waals surface area contributed by atoms with Gasteiger partial charge in [0.05, 0.1) is 7.11 Å². The molecule has 0 atom stereocenters. The first-order valence-electron chi connectivity index (χ1n) is 5.91. The van der Waals surface area contributed by atoms with E-state index < -0.39 is 5.91 Å². The topological polar surface area (TPSA) is 52.3 Å². The van der Waals surface area contributed by atoms with Crippen LogP contribution in [0.5, 0.6) is 5.75 Å². The van der Waals surface area contributed by atoms with Gasteiger partial charge in [-0.25, -0.2) is 0 Å². The Morgan fingerprint density at radius 2 is 1.68 bits per heavy atom. The molecule has 0 saturated heterocycles. The predicted octanol–water partition coefficient (Wildman–Crippen LogP) is 2.72. The predicted molar refractivity (Wildman–Crippen MR) is 76.5 cm³/mol. The highest BCUT2D eigenvalue weighted by Crippen LogP contribution is 2.20. The Morgan fingerprint density at radius 1 is 1.05 bits per heavy atom. The molecule has 0 aliphatic heterocycles. The third-order valence-electron chi connectivity index (χ3n) is 2.78. The zero-order valence-electron chi connectivity index (χ0n) is 10.7. The van der Waals surface area contributed by atoms with Crippen molar-refractivity contribution < 1.29 is 9.53 Å². The molecule has 19 heavy (non-hydrogen) atoms. The van der Waals surface area contributed by atoms with E-state index in [9.17, 15) is 4.79 Å². The molecule has 96 valence electrons. The van der Waals surface area contributed by atoms with Crippen molar-refractivity contribution in [2.75, 3.05) is 7.11 Å². The van der Waals surface area contributed by atoms with Crippen LogP contribution >= 0.6 is 0 Å². The molecule has 3 nitrogen and oxygen atoms in total. The van der Waals surface area contributed by atoms with Crippen LogP contribution in [-0.2, 0) is 4.79 Å². The number of carbonyl (C=O) groups excluding carboxylic acids is 1. The van der Waals surface area contributed by atoms with Crippen LogP contribution in [0.25, 0.3) is 11.6 Å². The van der Waals surface area contributed by atoms with Gasteiger partial charge in [-0.05, 0) is 29.3 Å². The maximum atomic E-state index is 11.6. The van der Waals surface area contributed by atoms with Gasteiger partial charge in [-0.2, -0.15) is 0 Å². The summed E-state index contributed by atoms with van der Waals surface area (Å²) in [6.45, 7) is 0. The number of ether oxygens (including phenoxy) is 1.